The normalized spacial score (nSPS) is 8.94. The van der Waals surface area contributed by atoms with E-state index in [4.69, 9.17) is 46.4 Å². The maximum atomic E-state index is 10.0. The predicted molar refractivity (Wildman–Crippen MR) is 66.5 cm³/mol. The maximum Gasteiger partial charge on any atom is 0.222 e. The van der Waals surface area contributed by atoms with Crippen LogP contribution in [0.1, 0.15) is 32.1 Å². The van der Waals surface area contributed by atoms with Crippen molar-refractivity contribution in [1.29, 1.82) is 0 Å². The highest BCUT2D eigenvalue weighted by Crippen LogP contribution is 2.01. The molecule has 0 aliphatic carbocycles. The molecule has 98 valence electrons. The second kappa shape index (κ2) is 12.3. The van der Waals surface area contributed by atoms with Gasteiger partial charge in [-0.25, -0.2) is 0 Å². The molecule has 0 aliphatic heterocycles. The van der Waals surface area contributed by atoms with Crippen molar-refractivity contribution in [3.63, 3.8) is 0 Å². The van der Waals surface area contributed by atoms with Gasteiger partial charge in [-0.1, -0.05) is 0 Å². The summed E-state index contributed by atoms with van der Waals surface area (Å²) in [4.78, 5) is 39.9. The third kappa shape index (κ3) is 25.8. The molecule has 0 amide bonds. The van der Waals surface area contributed by atoms with Gasteiger partial charge in [0.15, 0.2) is 0 Å². The minimum Gasteiger partial charge on any atom is -0.281 e. The molecule has 0 aliphatic rings. The Morgan fingerprint density at radius 3 is 0.941 bits per heavy atom. The highest BCUT2D eigenvalue weighted by atomic mass is 35.5. The molecule has 0 saturated heterocycles. The molecular formula is C9H10Cl4O4. The van der Waals surface area contributed by atoms with E-state index in [0.717, 1.165) is 0 Å². The van der Waals surface area contributed by atoms with E-state index in [1.165, 1.54) is 0 Å². The van der Waals surface area contributed by atoms with Crippen LogP contribution in [-0.2, 0) is 19.2 Å². The first kappa shape index (κ1) is 19.2. The molecular weight excluding hydrogens is 314 g/mol. The van der Waals surface area contributed by atoms with Crippen LogP contribution >= 0.6 is 46.4 Å². The molecule has 0 spiro atoms. The fourth-order valence-corrected chi connectivity index (χ4v) is 1.02. The summed E-state index contributed by atoms with van der Waals surface area (Å²) in [5, 5.41) is -1.90. The van der Waals surface area contributed by atoms with E-state index in [1.54, 1.807) is 0 Å². The first-order valence-electron chi connectivity index (χ1n) is 4.49. The lowest BCUT2D eigenvalue weighted by atomic mass is 10.3. The molecule has 0 saturated carbocycles. The molecule has 0 aromatic rings. The number of carbonyl (C=O) groups excluding carboxylic acids is 4. The van der Waals surface area contributed by atoms with Crippen LogP contribution in [0.25, 0.3) is 0 Å². The molecule has 0 heterocycles. The average Bonchev–Trinajstić information content (AvgIpc) is 2.14. The van der Waals surface area contributed by atoms with E-state index in [1.807, 2.05) is 0 Å². The third-order valence-corrected chi connectivity index (χ3v) is 2.02. The van der Waals surface area contributed by atoms with Gasteiger partial charge in [-0.2, -0.15) is 0 Å². The van der Waals surface area contributed by atoms with E-state index in [-0.39, 0.29) is 25.7 Å². The zero-order valence-corrected chi connectivity index (χ0v) is 11.7. The van der Waals surface area contributed by atoms with Crippen LogP contribution in [0, 0.1) is 0 Å². The minimum atomic E-state index is -0.529. The Kier molecular flexibility index (Phi) is 13.9. The molecule has 0 radical (unpaired) electrons. The lowest BCUT2D eigenvalue weighted by Crippen LogP contribution is -1.90. The van der Waals surface area contributed by atoms with Gasteiger partial charge < -0.3 is 0 Å². The summed E-state index contributed by atoms with van der Waals surface area (Å²) in [7, 11) is 0. The Morgan fingerprint density at radius 1 is 0.529 bits per heavy atom. The van der Waals surface area contributed by atoms with Crippen LogP contribution < -0.4 is 0 Å². The van der Waals surface area contributed by atoms with E-state index >= 15 is 0 Å². The smallest absolute Gasteiger partial charge is 0.222 e. The van der Waals surface area contributed by atoms with Gasteiger partial charge in [-0.15, -0.1) is 0 Å². The number of hydrogen-bond donors (Lipinski definition) is 0. The zero-order chi connectivity index (χ0) is 13.8. The number of rotatable bonds is 7. The Morgan fingerprint density at radius 2 is 0.765 bits per heavy atom. The van der Waals surface area contributed by atoms with Gasteiger partial charge in [0.25, 0.3) is 0 Å². The van der Waals surface area contributed by atoms with Gasteiger partial charge in [0.05, 0.1) is 0 Å². The summed E-state index contributed by atoms with van der Waals surface area (Å²) in [6.45, 7) is 0. The Labute approximate surface area is 119 Å². The van der Waals surface area contributed by atoms with Crippen LogP contribution in [0.3, 0.4) is 0 Å². The highest BCUT2D eigenvalue weighted by molar-refractivity contribution is 6.66. The second-order valence-corrected chi connectivity index (χ2v) is 4.46. The summed E-state index contributed by atoms with van der Waals surface area (Å²) in [6, 6.07) is 0. The van der Waals surface area contributed by atoms with E-state index < -0.39 is 21.0 Å². The Bertz CT molecular complexity index is 263. The summed E-state index contributed by atoms with van der Waals surface area (Å²) >= 11 is 19.7. The van der Waals surface area contributed by atoms with Crippen LogP contribution in [0.5, 0.6) is 0 Å². The van der Waals surface area contributed by atoms with Gasteiger partial charge in [0.2, 0.25) is 21.0 Å². The first-order valence-corrected chi connectivity index (χ1v) is 6.00. The van der Waals surface area contributed by atoms with E-state index in [0.29, 0.717) is 6.42 Å². The molecule has 4 nitrogen and oxygen atoms in total. The summed E-state index contributed by atoms with van der Waals surface area (Å²) in [6.07, 6.45) is 0.957. The zero-order valence-electron chi connectivity index (χ0n) is 8.68. The van der Waals surface area contributed by atoms with Crippen molar-refractivity contribution < 1.29 is 19.2 Å². The molecule has 0 fully saturated rings. The summed E-state index contributed by atoms with van der Waals surface area (Å²) in [5.74, 6) is 0. The largest absolute Gasteiger partial charge is 0.281 e. The monoisotopic (exact) mass is 322 g/mol. The van der Waals surface area contributed by atoms with E-state index in [2.05, 4.69) is 0 Å². The van der Waals surface area contributed by atoms with Crippen molar-refractivity contribution in [2.75, 3.05) is 0 Å². The van der Waals surface area contributed by atoms with Gasteiger partial charge in [-0.05, 0) is 52.8 Å². The SMILES string of the molecule is O=C(Cl)CCC(=O)Cl.O=C(Cl)CCCC(=O)Cl. The Balaban J connectivity index is 0. The molecule has 0 atom stereocenters. The lowest BCUT2D eigenvalue weighted by Gasteiger charge is -1.87. The molecule has 0 aromatic heterocycles. The van der Waals surface area contributed by atoms with Crippen molar-refractivity contribution in [3.05, 3.63) is 0 Å². The van der Waals surface area contributed by atoms with Gasteiger partial charge >= 0.3 is 0 Å². The molecule has 0 aromatic carbocycles. The molecule has 0 rings (SSSR count). The highest BCUT2D eigenvalue weighted by Gasteiger charge is 1.99. The third-order valence-electron chi connectivity index (χ3n) is 1.26. The number of carbonyl (C=O) groups is 4. The molecule has 0 unspecified atom stereocenters. The fourth-order valence-electron chi connectivity index (χ4n) is 0.563. The van der Waals surface area contributed by atoms with Crippen molar-refractivity contribution in [1.82, 2.24) is 0 Å². The average molecular weight is 324 g/mol. The lowest BCUT2D eigenvalue weighted by molar-refractivity contribution is -0.116. The topological polar surface area (TPSA) is 68.3 Å². The summed E-state index contributed by atoms with van der Waals surface area (Å²) in [5.41, 5.74) is 0. The predicted octanol–water partition coefficient (Wildman–Crippen LogP) is 2.98. The summed E-state index contributed by atoms with van der Waals surface area (Å²) < 4.78 is 0. The fraction of sp³-hybridized carbons (Fsp3) is 0.556. The first-order chi connectivity index (χ1) is 7.75. The van der Waals surface area contributed by atoms with Crippen LogP contribution in [0.2, 0.25) is 0 Å². The van der Waals surface area contributed by atoms with Crippen molar-refractivity contribution >= 4 is 67.4 Å². The van der Waals surface area contributed by atoms with Crippen molar-refractivity contribution in [3.8, 4) is 0 Å². The van der Waals surface area contributed by atoms with Crippen LogP contribution in [0.4, 0.5) is 0 Å². The standard InChI is InChI=1S/C5H6Cl2O2.C4H4Cl2O2/c6-4(8)2-1-3-5(7)9;5-3(7)1-2-4(6)8/h1-3H2;1-2H2. The van der Waals surface area contributed by atoms with Crippen molar-refractivity contribution in [2.24, 2.45) is 0 Å². The maximum absolute atomic E-state index is 10.0. The quantitative estimate of drug-likeness (QED) is 0.675. The van der Waals surface area contributed by atoms with Gasteiger partial charge in [0.1, 0.15) is 0 Å². The van der Waals surface area contributed by atoms with Crippen LogP contribution in [-0.4, -0.2) is 21.0 Å². The van der Waals surface area contributed by atoms with Gasteiger partial charge in [-0.3, -0.25) is 19.2 Å². The Hall–Kier alpha value is -0.160. The molecule has 0 bridgehead atoms. The molecule has 8 heteroatoms. The second-order valence-electron chi connectivity index (χ2n) is 2.77. The minimum absolute atomic E-state index is 0.0316. The van der Waals surface area contributed by atoms with Crippen LogP contribution in [0.15, 0.2) is 0 Å². The number of halogens is 4. The van der Waals surface area contributed by atoms with Crippen molar-refractivity contribution in [2.45, 2.75) is 32.1 Å². The van der Waals surface area contributed by atoms with E-state index in [9.17, 15) is 19.2 Å². The molecule has 0 N–H and O–H groups in total. The van der Waals surface area contributed by atoms with Gasteiger partial charge in [0, 0.05) is 25.7 Å². The number of hydrogen-bond acceptors (Lipinski definition) is 4. The molecule has 17 heavy (non-hydrogen) atoms.